The summed E-state index contributed by atoms with van der Waals surface area (Å²) >= 11 is 0. The second kappa shape index (κ2) is 7.14. The van der Waals surface area contributed by atoms with Crippen LogP contribution in [0.3, 0.4) is 0 Å². The van der Waals surface area contributed by atoms with E-state index in [4.69, 9.17) is 4.74 Å². The van der Waals surface area contributed by atoms with Crippen LogP contribution in [-0.4, -0.2) is 44.2 Å². The van der Waals surface area contributed by atoms with Crippen molar-refractivity contribution in [3.8, 4) is 0 Å². The highest BCUT2D eigenvalue weighted by Gasteiger charge is 2.18. The van der Waals surface area contributed by atoms with Crippen molar-refractivity contribution in [1.82, 2.24) is 10.2 Å². The molecule has 104 valence electrons. The van der Waals surface area contributed by atoms with E-state index < -0.39 is 0 Å². The number of guanidine groups is 1. The molecule has 0 atom stereocenters. The van der Waals surface area contributed by atoms with Gasteiger partial charge in [0.05, 0.1) is 6.61 Å². The number of benzene rings is 1. The smallest absolute Gasteiger partial charge is 0.194 e. The molecule has 0 unspecified atom stereocenters. The largest absolute Gasteiger partial charge is 0.380 e. The molecule has 4 nitrogen and oxygen atoms in total. The Kier molecular flexibility index (Phi) is 5.21. The maximum absolute atomic E-state index is 5.34. The molecule has 0 amide bonds. The lowest BCUT2D eigenvalue weighted by Crippen LogP contribution is -2.44. The molecule has 1 aliphatic heterocycles. The average Bonchev–Trinajstić information content (AvgIpc) is 2.47. The quantitative estimate of drug-likeness (QED) is 0.509. The van der Waals surface area contributed by atoms with Gasteiger partial charge in [-0.3, -0.25) is 4.99 Å². The van der Waals surface area contributed by atoms with Crippen LogP contribution >= 0.6 is 0 Å². The molecule has 1 heterocycles. The molecule has 4 heteroatoms. The summed E-state index contributed by atoms with van der Waals surface area (Å²) in [5, 5.41) is 3.36. The predicted molar refractivity (Wildman–Crippen MR) is 78.4 cm³/mol. The molecule has 0 saturated carbocycles. The van der Waals surface area contributed by atoms with Crippen molar-refractivity contribution >= 4 is 5.96 Å². The van der Waals surface area contributed by atoms with Crippen LogP contribution in [0.4, 0.5) is 0 Å². The third-order valence-corrected chi connectivity index (χ3v) is 3.38. The van der Waals surface area contributed by atoms with E-state index in [1.165, 1.54) is 11.1 Å². The normalized spacial score (nSPS) is 15.3. The predicted octanol–water partition coefficient (Wildman–Crippen LogP) is 1.66. The molecule has 19 heavy (non-hydrogen) atoms. The van der Waals surface area contributed by atoms with Gasteiger partial charge in [0.25, 0.3) is 0 Å². The zero-order valence-electron chi connectivity index (χ0n) is 11.9. The van der Waals surface area contributed by atoms with E-state index in [2.05, 4.69) is 39.5 Å². The van der Waals surface area contributed by atoms with Crippen LogP contribution < -0.4 is 5.32 Å². The van der Waals surface area contributed by atoms with Crippen LogP contribution in [0.1, 0.15) is 18.1 Å². The number of nitrogens with zero attached hydrogens (tertiary/aromatic N) is 2. The van der Waals surface area contributed by atoms with Gasteiger partial charge in [0.15, 0.2) is 5.96 Å². The minimum Gasteiger partial charge on any atom is -0.380 e. The van der Waals surface area contributed by atoms with E-state index in [0.717, 1.165) is 45.2 Å². The summed E-state index contributed by atoms with van der Waals surface area (Å²) in [5.41, 5.74) is 2.87. The Morgan fingerprint density at radius 3 is 2.89 bits per heavy atom. The molecule has 0 radical (unpaired) electrons. The van der Waals surface area contributed by atoms with E-state index in [1.54, 1.807) is 0 Å². The number of hydrogen-bond acceptors (Lipinski definition) is 2. The Morgan fingerprint density at radius 1 is 1.37 bits per heavy atom. The molecule has 2 rings (SSSR count). The molecular formula is C15H23N3O. The fraction of sp³-hybridized carbons (Fsp3) is 0.533. The highest BCUT2D eigenvalue weighted by Crippen LogP contribution is 2.18. The number of nitrogens with one attached hydrogen (secondary N) is 1. The van der Waals surface area contributed by atoms with Crippen LogP contribution in [0.25, 0.3) is 0 Å². The zero-order valence-corrected chi connectivity index (χ0v) is 11.9. The number of ether oxygens (including phenoxy) is 1. The van der Waals surface area contributed by atoms with Crippen molar-refractivity contribution in [1.29, 1.82) is 0 Å². The lowest BCUT2D eigenvalue weighted by molar-refractivity contribution is 0.151. The summed E-state index contributed by atoms with van der Waals surface area (Å²) in [5.74, 6) is 0.967. The monoisotopic (exact) mass is 261 g/mol. The molecule has 1 N–H and O–H groups in total. The van der Waals surface area contributed by atoms with Crippen LogP contribution in [-0.2, 0) is 17.7 Å². The third-order valence-electron chi connectivity index (χ3n) is 3.38. The maximum atomic E-state index is 5.34. The van der Waals surface area contributed by atoms with Crippen LogP contribution in [0.15, 0.2) is 29.3 Å². The van der Waals surface area contributed by atoms with Gasteiger partial charge in [-0.25, -0.2) is 0 Å². The first-order valence-electron chi connectivity index (χ1n) is 6.95. The van der Waals surface area contributed by atoms with Gasteiger partial charge in [-0.05, 0) is 24.5 Å². The van der Waals surface area contributed by atoms with Crippen molar-refractivity contribution in [2.75, 3.05) is 33.4 Å². The Balaban J connectivity index is 1.91. The van der Waals surface area contributed by atoms with E-state index >= 15 is 0 Å². The summed E-state index contributed by atoms with van der Waals surface area (Å²) in [4.78, 5) is 6.66. The van der Waals surface area contributed by atoms with E-state index in [0.29, 0.717) is 0 Å². The van der Waals surface area contributed by atoms with Gasteiger partial charge in [-0.1, -0.05) is 24.3 Å². The van der Waals surface area contributed by atoms with E-state index in [-0.39, 0.29) is 0 Å². The minimum absolute atomic E-state index is 0.722. The van der Waals surface area contributed by atoms with Crippen molar-refractivity contribution < 1.29 is 4.74 Å². The van der Waals surface area contributed by atoms with Gasteiger partial charge < -0.3 is 15.0 Å². The molecule has 1 aromatic carbocycles. The second-order valence-corrected chi connectivity index (χ2v) is 4.61. The Bertz CT molecular complexity index is 431. The number of rotatable bonds is 4. The standard InChI is InChI=1S/C15H23N3O/c1-3-19-11-9-17-15(16-2)18-10-8-13-6-4-5-7-14(13)12-18/h4-7H,3,8-12H2,1-2H3,(H,16,17). The highest BCUT2D eigenvalue weighted by molar-refractivity contribution is 5.80. The molecule has 0 saturated heterocycles. The fourth-order valence-electron chi connectivity index (χ4n) is 2.39. The lowest BCUT2D eigenvalue weighted by atomic mass is 10.0. The van der Waals surface area contributed by atoms with Gasteiger partial charge in [0.1, 0.15) is 0 Å². The van der Waals surface area contributed by atoms with Gasteiger partial charge in [-0.2, -0.15) is 0 Å². The highest BCUT2D eigenvalue weighted by atomic mass is 16.5. The zero-order chi connectivity index (χ0) is 13.5. The first-order chi connectivity index (χ1) is 9.35. The average molecular weight is 261 g/mol. The summed E-state index contributed by atoms with van der Waals surface area (Å²) in [7, 11) is 1.84. The Labute approximate surface area is 115 Å². The summed E-state index contributed by atoms with van der Waals surface area (Å²) in [6, 6.07) is 8.64. The fourth-order valence-corrected chi connectivity index (χ4v) is 2.39. The molecule has 1 aromatic rings. The maximum Gasteiger partial charge on any atom is 0.194 e. The number of aliphatic imine (C=N–C) groups is 1. The topological polar surface area (TPSA) is 36.9 Å². The van der Waals surface area contributed by atoms with Crippen LogP contribution in [0.5, 0.6) is 0 Å². The molecule has 0 aliphatic carbocycles. The molecule has 0 fully saturated rings. The van der Waals surface area contributed by atoms with Crippen LogP contribution in [0, 0.1) is 0 Å². The lowest BCUT2D eigenvalue weighted by Gasteiger charge is -2.31. The van der Waals surface area contributed by atoms with Gasteiger partial charge in [0, 0.05) is 33.3 Å². The molecule has 0 aromatic heterocycles. The number of hydrogen-bond donors (Lipinski definition) is 1. The van der Waals surface area contributed by atoms with Crippen molar-refractivity contribution in [2.24, 2.45) is 4.99 Å². The van der Waals surface area contributed by atoms with E-state index in [9.17, 15) is 0 Å². The summed E-state index contributed by atoms with van der Waals surface area (Å²) < 4.78 is 5.34. The Hall–Kier alpha value is -1.55. The molecule has 0 spiro atoms. The van der Waals surface area contributed by atoms with Crippen LogP contribution in [0.2, 0.25) is 0 Å². The molecule has 0 bridgehead atoms. The van der Waals surface area contributed by atoms with Gasteiger partial charge in [-0.15, -0.1) is 0 Å². The SMILES string of the molecule is CCOCCNC(=NC)N1CCc2ccccc2C1. The minimum atomic E-state index is 0.722. The van der Waals surface area contributed by atoms with Crippen molar-refractivity contribution in [2.45, 2.75) is 19.9 Å². The second-order valence-electron chi connectivity index (χ2n) is 4.61. The van der Waals surface area contributed by atoms with Gasteiger partial charge in [0.2, 0.25) is 0 Å². The van der Waals surface area contributed by atoms with Crippen molar-refractivity contribution in [3.63, 3.8) is 0 Å². The first-order valence-corrected chi connectivity index (χ1v) is 6.95. The Morgan fingerprint density at radius 2 is 2.16 bits per heavy atom. The third kappa shape index (κ3) is 3.70. The number of fused-ring (bicyclic) bond motifs is 1. The van der Waals surface area contributed by atoms with Crippen molar-refractivity contribution in [3.05, 3.63) is 35.4 Å². The molecular weight excluding hydrogens is 238 g/mol. The van der Waals surface area contributed by atoms with Gasteiger partial charge >= 0.3 is 0 Å². The van der Waals surface area contributed by atoms with E-state index in [1.807, 2.05) is 14.0 Å². The molecule has 1 aliphatic rings. The first kappa shape index (κ1) is 13.9. The summed E-state index contributed by atoms with van der Waals surface area (Å²) in [6.07, 6.45) is 1.09. The summed E-state index contributed by atoms with van der Waals surface area (Å²) in [6.45, 7) is 6.25.